The van der Waals surface area contributed by atoms with E-state index in [1.807, 2.05) is 80.7 Å². The molecular formula is C41H32N4O4S. The van der Waals surface area contributed by atoms with Crippen molar-refractivity contribution in [3.63, 3.8) is 0 Å². The first-order chi connectivity index (χ1) is 24.3. The average Bonchev–Trinajstić information content (AvgIpc) is 3.75. The Hall–Kier alpha value is -6.19. The Kier molecular flexibility index (Phi) is 7.69. The maximum absolute atomic E-state index is 13.3. The molecular weight excluding hydrogens is 645 g/mol. The number of methoxy groups -OCH3 is 1. The number of benzene rings is 5. The summed E-state index contributed by atoms with van der Waals surface area (Å²) in [5.74, 6) is 2.82. The Morgan fingerprint density at radius 2 is 1.40 bits per heavy atom. The summed E-state index contributed by atoms with van der Waals surface area (Å²) < 4.78 is 42.5. The highest BCUT2D eigenvalue weighted by Gasteiger charge is 2.21. The Morgan fingerprint density at radius 3 is 2.20 bits per heavy atom. The first kappa shape index (κ1) is 31.1. The predicted octanol–water partition coefficient (Wildman–Crippen LogP) is 9.28. The van der Waals surface area contributed by atoms with Crippen LogP contribution in [0.1, 0.15) is 11.1 Å². The van der Waals surface area contributed by atoms with E-state index < -0.39 is 9.84 Å². The number of hydrogen-bond donors (Lipinski definition) is 0. The van der Waals surface area contributed by atoms with E-state index in [1.54, 1.807) is 66.6 Å². The Labute approximate surface area is 289 Å². The van der Waals surface area contributed by atoms with E-state index in [4.69, 9.17) is 9.47 Å². The number of pyridine rings is 1. The number of ether oxygens (including phenoxy) is 2. The van der Waals surface area contributed by atoms with Crippen LogP contribution in [0.5, 0.6) is 17.2 Å². The van der Waals surface area contributed by atoms with Gasteiger partial charge in [0.1, 0.15) is 23.1 Å². The number of rotatable bonds is 8. The standard InChI is InChI=1S/C41H32N4O4S/c1-27-20-35(50(46,47)34-12-5-4-6-13-34)21-28(2)41(27)29-25-43-44(26-29)30-10-9-11-32(22-30)49-33-16-17-37-36-14-7-8-15-38(36)45(39(37)23-33)40-24-31(48-3)18-19-42-40/h4-26H,1-3H3. The summed E-state index contributed by atoms with van der Waals surface area (Å²) in [6, 6.07) is 37.8. The average molecular weight is 677 g/mol. The lowest BCUT2D eigenvalue weighted by atomic mass is 9.98. The van der Waals surface area contributed by atoms with Crippen molar-refractivity contribution in [2.75, 3.05) is 7.11 Å². The molecule has 0 spiro atoms. The van der Waals surface area contributed by atoms with Gasteiger partial charge in [-0.1, -0.05) is 42.5 Å². The molecule has 0 aliphatic heterocycles. The van der Waals surface area contributed by atoms with Gasteiger partial charge in [0.15, 0.2) is 0 Å². The molecule has 0 saturated heterocycles. The molecule has 246 valence electrons. The number of para-hydroxylation sites is 1. The van der Waals surface area contributed by atoms with Crippen molar-refractivity contribution in [1.82, 2.24) is 19.3 Å². The minimum atomic E-state index is -3.63. The van der Waals surface area contributed by atoms with Gasteiger partial charge in [-0.2, -0.15) is 5.10 Å². The molecule has 0 N–H and O–H groups in total. The van der Waals surface area contributed by atoms with Gasteiger partial charge in [0.2, 0.25) is 9.84 Å². The Bertz CT molecular complexity index is 2640. The zero-order chi connectivity index (χ0) is 34.4. The highest BCUT2D eigenvalue weighted by Crippen LogP contribution is 2.36. The molecule has 0 fully saturated rings. The van der Waals surface area contributed by atoms with E-state index in [1.165, 1.54) is 0 Å². The summed E-state index contributed by atoms with van der Waals surface area (Å²) in [6.07, 6.45) is 5.49. The van der Waals surface area contributed by atoms with Crippen molar-refractivity contribution < 1.29 is 17.9 Å². The molecule has 0 radical (unpaired) electrons. The maximum Gasteiger partial charge on any atom is 0.206 e. The van der Waals surface area contributed by atoms with Gasteiger partial charge in [0.25, 0.3) is 0 Å². The van der Waals surface area contributed by atoms with Gasteiger partial charge in [0.05, 0.1) is 39.8 Å². The van der Waals surface area contributed by atoms with Gasteiger partial charge in [-0.15, -0.1) is 0 Å². The Morgan fingerprint density at radius 1 is 0.660 bits per heavy atom. The lowest BCUT2D eigenvalue weighted by Crippen LogP contribution is -2.03. The first-order valence-corrected chi connectivity index (χ1v) is 17.6. The third-order valence-electron chi connectivity index (χ3n) is 8.89. The molecule has 0 saturated carbocycles. The molecule has 9 heteroatoms. The van der Waals surface area contributed by atoms with Gasteiger partial charge in [0, 0.05) is 46.9 Å². The van der Waals surface area contributed by atoms with E-state index >= 15 is 0 Å². The van der Waals surface area contributed by atoms with E-state index in [0.717, 1.165) is 61.3 Å². The fraction of sp³-hybridized carbons (Fsp3) is 0.0732. The predicted molar refractivity (Wildman–Crippen MR) is 196 cm³/mol. The van der Waals surface area contributed by atoms with Crippen LogP contribution < -0.4 is 9.47 Å². The van der Waals surface area contributed by atoms with Gasteiger partial charge in [-0.3, -0.25) is 4.57 Å². The zero-order valence-electron chi connectivity index (χ0n) is 27.6. The van der Waals surface area contributed by atoms with Crippen LogP contribution >= 0.6 is 0 Å². The van der Waals surface area contributed by atoms with Crippen LogP contribution in [-0.4, -0.2) is 34.9 Å². The topological polar surface area (TPSA) is 88.2 Å². The van der Waals surface area contributed by atoms with Crippen molar-refractivity contribution in [2.24, 2.45) is 0 Å². The summed E-state index contributed by atoms with van der Waals surface area (Å²) in [7, 11) is -1.99. The number of aryl methyl sites for hydroxylation is 2. The number of aromatic nitrogens is 4. The lowest BCUT2D eigenvalue weighted by Gasteiger charge is -2.12. The van der Waals surface area contributed by atoms with Crippen LogP contribution in [0.2, 0.25) is 0 Å². The van der Waals surface area contributed by atoms with Crippen LogP contribution in [0, 0.1) is 13.8 Å². The lowest BCUT2D eigenvalue weighted by molar-refractivity contribution is 0.414. The van der Waals surface area contributed by atoms with Crippen LogP contribution in [0.3, 0.4) is 0 Å². The second-order valence-electron chi connectivity index (χ2n) is 12.1. The van der Waals surface area contributed by atoms with Crippen LogP contribution in [0.15, 0.2) is 150 Å². The molecule has 0 amide bonds. The molecule has 8 rings (SSSR count). The summed E-state index contributed by atoms with van der Waals surface area (Å²) in [5, 5.41) is 6.87. The summed E-state index contributed by atoms with van der Waals surface area (Å²) in [4.78, 5) is 5.21. The number of hydrogen-bond acceptors (Lipinski definition) is 6. The fourth-order valence-corrected chi connectivity index (χ4v) is 8.05. The van der Waals surface area contributed by atoms with E-state index in [0.29, 0.717) is 11.5 Å². The first-order valence-electron chi connectivity index (χ1n) is 16.1. The molecule has 0 bridgehead atoms. The van der Waals surface area contributed by atoms with Crippen molar-refractivity contribution >= 4 is 31.6 Å². The normalized spacial score (nSPS) is 11.7. The summed E-state index contributed by atoms with van der Waals surface area (Å²) in [5.41, 5.74) is 6.37. The number of fused-ring (bicyclic) bond motifs is 3. The van der Waals surface area contributed by atoms with Crippen LogP contribution in [-0.2, 0) is 9.84 Å². The van der Waals surface area contributed by atoms with Crippen molar-refractivity contribution in [3.05, 3.63) is 151 Å². The third kappa shape index (κ3) is 5.47. The minimum absolute atomic E-state index is 0.276. The van der Waals surface area contributed by atoms with E-state index in [9.17, 15) is 8.42 Å². The van der Waals surface area contributed by atoms with E-state index in [-0.39, 0.29) is 9.79 Å². The molecule has 3 heterocycles. The Balaban J connectivity index is 1.10. The van der Waals surface area contributed by atoms with E-state index in [2.05, 4.69) is 32.8 Å². The number of sulfone groups is 1. The molecule has 0 aliphatic carbocycles. The van der Waals surface area contributed by atoms with Crippen LogP contribution in [0.25, 0.3) is 44.4 Å². The molecule has 8 nitrogen and oxygen atoms in total. The molecule has 5 aromatic carbocycles. The van der Waals surface area contributed by atoms with Gasteiger partial charge in [-0.25, -0.2) is 18.1 Å². The van der Waals surface area contributed by atoms with Gasteiger partial charge in [-0.05, 0) is 91.2 Å². The van der Waals surface area contributed by atoms with Crippen molar-refractivity contribution in [1.29, 1.82) is 0 Å². The summed E-state index contributed by atoms with van der Waals surface area (Å²) in [6.45, 7) is 3.86. The molecule has 3 aromatic heterocycles. The largest absolute Gasteiger partial charge is 0.497 e. The highest BCUT2D eigenvalue weighted by molar-refractivity contribution is 7.91. The van der Waals surface area contributed by atoms with Crippen molar-refractivity contribution in [3.8, 4) is 39.9 Å². The molecule has 0 aliphatic rings. The quantitative estimate of drug-likeness (QED) is 0.159. The maximum atomic E-state index is 13.3. The minimum Gasteiger partial charge on any atom is -0.497 e. The smallest absolute Gasteiger partial charge is 0.206 e. The third-order valence-corrected chi connectivity index (χ3v) is 10.6. The highest BCUT2D eigenvalue weighted by atomic mass is 32.2. The zero-order valence-corrected chi connectivity index (χ0v) is 28.4. The molecule has 0 atom stereocenters. The SMILES string of the molecule is COc1ccnc(-n2c3ccccc3c3ccc(Oc4cccc(-n5cc(-c6c(C)cc(S(=O)(=O)c7ccccc7)cc6C)cn5)c4)cc32)c1. The second-order valence-corrected chi connectivity index (χ2v) is 14.1. The second kappa shape index (κ2) is 12.4. The van der Waals surface area contributed by atoms with Gasteiger partial charge >= 0.3 is 0 Å². The number of nitrogens with zero attached hydrogens (tertiary/aromatic N) is 4. The molecule has 50 heavy (non-hydrogen) atoms. The fourth-order valence-electron chi connectivity index (χ4n) is 6.60. The molecule has 8 aromatic rings. The van der Waals surface area contributed by atoms with Crippen LogP contribution in [0.4, 0.5) is 0 Å². The van der Waals surface area contributed by atoms with Gasteiger partial charge < -0.3 is 9.47 Å². The molecule has 0 unspecified atom stereocenters. The monoisotopic (exact) mass is 676 g/mol. The summed E-state index contributed by atoms with van der Waals surface area (Å²) >= 11 is 0. The van der Waals surface area contributed by atoms with Crippen molar-refractivity contribution in [2.45, 2.75) is 23.6 Å².